The summed E-state index contributed by atoms with van der Waals surface area (Å²) >= 11 is 1.27. The molecule has 1 heterocycles. The SMILES string of the molecule is CCOC(=O)C1CCCN1C(=O)CSCC#N. The van der Waals surface area contributed by atoms with Crippen LogP contribution in [0.25, 0.3) is 0 Å². The number of ether oxygens (including phenoxy) is 1. The molecule has 1 aliphatic heterocycles. The number of carbonyl (C=O) groups is 2. The van der Waals surface area contributed by atoms with E-state index < -0.39 is 6.04 Å². The molecular weight excluding hydrogens is 240 g/mol. The zero-order chi connectivity index (χ0) is 12.7. The quantitative estimate of drug-likeness (QED) is 0.537. The highest BCUT2D eigenvalue weighted by molar-refractivity contribution is 8.00. The van der Waals surface area contributed by atoms with E-state index >= 15 is 0 Å². The Balaban J connectivity index is 2.48. The first-order chi connectivity index (χ1) is 8.20. The standard InChI is InChI=1S/C11H16N2O3S/c1-2-16-11(15)9-4-3-6-13(9)10(14)8-17-7-5-12/h9H,2-4,6-8H2,1H3. The van der Waals surface area contributed by atoms with E-state index in [0.717, 1.165) is 6.42 Å². The molecule has 1 rings (SSSR count). The molecule has 17 heavy (non-hydrogen) atoms. The first-order valence-corrected chi connectivity index (χ1v) is 6.77. The molecule has 1 saturated heterocycles. The van der Waals surface area contributed by atoms with Crippen LogP contribution in [0.1, 0.15) is 19.8 Å². The van der Waals surface area contributed by atoms with Gasteiger partial charge in [-0.05, 0) is 19.8 Å². The minimum absolute atomic E-state index is 0.0826. The summed E-state index contributed by atoms with van der Waals surface area (Å²) in [6.07, 6.45) is 1.51. The van der Waals surface area contributed by atoms with Crippen molar-refractivity contribution in [3.05, 3.63) is 0 Å². The predicted octanol–water partition coefficient (Wildman–Crippen LogP) is 0.797. The molecule has 1 amide bonds. The second kappa shape index (κ2) is 7.17. The van der Waals surface area contributed by atoms with Crippen molar-refractivity contribution >= 4 is 23.6 Å². The lowest BCUT2D eigenvalue weighted by atomic mass is 10.2. The number of esters is 1. The van der Waals surface area contributed by atoms with Crippen molar-refractivity contribution in [3.63, 3.8) is 0 Å². The summed E-state index contributed by atoms with van der Waals surface area (Å²) in [7, 11) is 0. The minimum Gasteiger partial charge on any atom is -0.464 e. The van der Waals surface area contributed by atoms with Gasteiger partial charge in [-0.15, -0.1) is 11.8 Å². The van der Waals surface area contributed by atoms with E-state index in [9.17, 15) is 9.59 Å². The first-order valence-electron chi connectivity index (χ1n) is 5.61. The number of likely N-dealkylation sites (tertiary alicyclic amines) is 1. The van der Waals surface area contributed by atoms with Gasteiger partial charge in [0.15, 0.2) is 0 Å². The molecule has 5 nitrogen and oxygen atoms in total. The summed E-state index contributed by atoms with van der Waals surface area (Å²) in [5, 5.41) is 8.38. The Morgan fingerprint density at radius 2 is 2.35 bits per heavy atom. The topological polar surface area (TPSA) is 70.4 Å². The van der Waals surface area contributed by atoms with Crippen LogP contribution in [0.3, 0.4) is 0 Å². The van der Waals surface area contributed by atoms with Crippen molar-refractivity contribution in [2.75, 3.05) is 24.7 Å². The third kappa shape index (κ3) is 3.93. The number of thioether (sulfide) groups is 1. The molecule has 0 bridgehead atoms. The summed E-state index contributed by atoms with van der Waals surface area (Å²) in [5.74, 6) is 0.150. The number of rotatable bonds is 5. The lowest BCUT2D eigenvalue weighted by molar-refractivity contribution is -0.152. The summed E-state index contributed by atoms with van der Waals surface area (Å²) in [6, 6.07) is 1.54. The van der Waals surface area contributed by atoms with Crippen LogP contribution >= 0.6 is 11.8 Å². The van der Waals surface area contributed by atoms with Crippen molar-refractivity contribution in [2.24, 2.45) is 0 Å². The number of hydrogen-bond acceptors (Lipinski definition) is 5. The largest absolute Gasteiger partial charge is 0.464 e. The molecule has 0 aromatic heterocycles. The maximum absolute atomic E-state index is 11.8. The zero-order valence-corrected chi connectivity index (χ0v) is 10.7. The Kier molecular flexibility index (Phi) is 5.84. The van der Waals surface area contributed by atoms with Gasteiger partial charge in [0, 0.05) is 6.54 Å². The van der Waals surface area contributed by atoms with Crippen LogP contribution in [0.15, 0.2) is 0 Å². The fourth-order valence-electron chi connectivity index (χ4n) is 1.82. The second-order valence-corrected chi connectivity index (χ2v) is 4.63. The molecule has 1 unspecified atom stereocenters. The number of nitriles is 1. The van der Waals surface area contributed by atoms with E-state index in [1.807, 2.05) is 6.07 Å². The van der Waals surface area contributed by atoms with Gasteiger partial charge in [0.1, 0.15) is 6.04 Å². The molecule has 6 heteroatoms. The second-order valence-electron chi connectivity index (χ2n) is 3.65. The van der Waals surface area contributed by atoms with E-state index in [1.54, 1.807) is 11.8 Å². The van der Waals surface area contributed by atoms with E-state index in [2.05, 4.69) is 0 Å². The molecule has 0 aromatic rings. The molecule has 1 fully saturated rings. The molecule has 0 saturated carbocycles. The van der Waals surface area contributed by atoms with Crippen LogP contribution in [0, 0.1) is 11.3 Å². The Morgan fingerprint density at radius 1 is 1.59 bits per heavy atom. The monoisotopic (exact) mass is 256 g/mol. The molecule has 0 aromatic carbocycles. The Hall–Kier alpha value is -1.22. The van der Waals surface area contributed by atoms with Crippen molar-refractivity contribution in [1.82, 2.24) is 4.90 Å². The highest BCUT2D eigenvalue weighted by atomic mass is 32.2. The maximum Gasteiger partial charge on any atom is 0.328 e. The smallest absolute Gasteiger partial charge is 0.328 e. The summed E-state index contributed by atoms with van der Waals surface area (Å²) in [4.78, 5) is 25.0. The number of amides is 1. The average molecular weight is 256 g/mol. The van der Waals surface area contributed by atoms with Crippen LogP contribution in [0.2, 0.25) is 0 Å². The van der Waals surface area contributed by atoms with Gasteiger partial charge >= 0.3 is 5.97 Å². The molecular formula is C11H16N2O3S. The Morgan fingerprint density at radius 3 is 3.00 bits per heavy atom. The third-order valence-corrected chi connectivity index (χ3v) is 3.31. The van der Waals surface area contributed by atoms with Gasteiger partial charge < -0.3 is 9.64 Å². The fraction of sp³-hybridized carbons (Fsp3) is 0.727. The molecule has 0 spiro atoms. The van der Waals surface area contributed by atoms with Gasteiger partial charge in [-0.1, -0.05) is 0 Å². The molecule has 0 aliphatic carbocycles. The van der Waals surface area contributed by atoms with Gasteiger partial charge in [0.2, 0.25) is 5.91 Å². The van der Waals surface area contributed by atoms with Crippen LogP contribution in [0.4, 0.5) is 0 Å². The number of carbonyl (C=O) groups excluding carboxylic acids is 2. The van der Waals surface area contributed by atoms with Gasteiger partial charge in [-0.2, -0.15) is 5.26 Å². The lowest BCUT2D eigenvalue weighted by Crippen LogP contribution is -2.42. The Labute approximate surface area is 105 Å². The van der Waals surface area contributed by atoms with Gasteiger partial charge in [-0.25, -0.2) is 4.79 Å². The fourth-order valence-corrected chi connectivity index (χ4v) is 2.35. The van der Waals surface area contributed by atoms with Crippen LogP contribution < -0.4 is 0 Å². The van der Waals surface area contributed by atoms with Gasteiger partial charge in [-0.3, -0.25) is 4.79 Å². The zero-order valence-electron chi connectivity index (χ0n) is 9.85. The number of nitrogens with zero attached hydrogens (tertiary/aromatic N) is 2. The maximum atomic E-state index is 11.8. The summed E-state index contributed by atoms with van der Waals surface area (Å²) in [6.45, 7) is 2.69. The van der Waals surface area contributed by atoms with E-state index in [-0.39, 0.29) is 17.6 Å². The van der Waals surface area contributed by atoms with Crippen molar-refractivity contribution in [1.29, 1.82) is 5.26 Å². The molecule has 0 N–H and O–H groups in total. The van der Waals surface area contributed by atoms with Crippen molar-refractivity contribution < 1.29 is 14.3 Å². The van der Waals surface area contributed by atoms with Gasteiger partial charge in [0.05, 0.1) is 24.2 Å². The van der Waals surface area contributed by atoms with E-state index in [4.69, 9.17) is 10.00 Å². The van der Waals surface area contributed by atoms with Crippen LogP contribution in [0.5, 0.6) is 0 Å². The van der Waals surface area contributed by atoms with E-state index in [0.29, 0.717) is 25.3 Å². The minimum atomic E-state index is -0.426. The number of hydrogen-bond donors (Lipinski definition) is 0. The molecule has 0 radical (unpaired) electrons. The highest BCUT2D eigenvalue weighted by Crippen LogP contribution is 2.19. The van der Waals surface area contributed by atoms with Gasteiger partial charge in [0.25, 0.3) is 0 Å². The predicted molar refractivity (Wildman–Crippen MR) is 64.3 cm³/mol. The molecule has 1 aliphatic rings. The highest BCUT2D eigenvalue weighted by Gasteiger charge is 2.34. The van der Waals surface area contributed by atoms with Crippen molar-refractivity contribution in [2.45, 2.75) is 25.8 Å². The lowest BCUT2D eigenvalue weighted by Gasteiger charge is -2.22. The summed E-state index contributed by atoms with van der Waals surface area (Å²) < 4.78 is 4.94. The van der Waals surface area contributed by atoms with Crippen LogP contribution in [-0.4, -0.2) is 47.5 Å². The Bertz CT molecular complexity index is 327. The summed E-state index contributed by atoms with van der Waals surface area (Å²) in [5.41, 5.74) is 0. The third-order valence-electron chi connectivity index (χ3n) is 2.52. The van der Waals surface area contributed by atoms with Crippen molar-refractivity contribution in [3.8, 4) is 6.07 Å². The van der Waals surface area contributed by atoms with E-state index in [1.165, 1.54) is 11.8 Å². The average Bonchev–Trinajstić information content (AvgIpc) is 2.78. The normalized spacial score (nSPS) is 18.8. The molecule has 94 valence electrons. The first kappa shape index (κ1) is 13.8. The van der Waals surface area contributed by atoms with Crippen LogP contribution in [-0.2, 0) is 14.3 Å². The molecule has 1 atom stereocenters.